The molecule has 5 nitrogen and oxygen atoms in total. The van der Waals surface area contributed by atoms with Crippen LogP contribution in [-0.2, 0) is 27.1 Å². The molecule has 1 saturated carbocycles. The Morgan fingerprint density at radius 1 is 1.21 bits per heavy atom. The lowest BCUT2D eigenvalue weighted by atomic mass is 9.78. The molecule has 0 spiro atoms. The normalized spacial score (nSPS) is 26.1. The molecule has 0 unspecified atom stereocenters. The first kappa shape index (κ1) is 22.5. The number of hydrogen-bond acceptors (Lipinski definition) is 5. The molecule has 174 valence electrons. The number of ether oxygens (including phenoxy) is 1. The molecule has 2 aromatic rings. The number of rotatable bonds is 7. The van der Waals surface area contributed by atoms with E-state index in [0.717, 1.165) is 18.3 Å². The van der Waals surface area contributed by atoms with Crippen LogP contribution in [0.15, 0.2) is 30.5 Å². The van der Waals surface area contributed by atoms with Crippen molar-refractivity contribution in [3.8, 4) is 5.88 Å². The number of benzene rings is 1. The summed E-state index contributed by atoms with van der Waals surface area (Å²) in [6.07, 6.45) is 4.30. The third-order valence-electron chi connectivity index (χ3n) is 7.82. The van der Waals surface area contributed by atoms with Crippen molar-refractivity contribution < 1.29 is 23.2 Å². The van der Waals surface area contributed by atoms with Crippen molar-refractivity contribution in [3.05, 3.63) is 53.0 Å². The van der Waals surface area contributed by atoms with Gasteiger partial charge in [-0.1, -0.05) is 19.1 Å². The van der Waals surface area contributed by atoms with Gasteiger partial charge >= 0.3 is 7.12 Å². The van der Waals surface area contributed by atoms with Gasteiger partial charge in [-0.3, -0.25) is 4.79 Å². The molecule has 0 bridgehead atoms. The van der Waals surface area contributed by atoms with Crippen molar-refractivity contribution in [2.45, 2.75) is 77.6 Å². The largest absolute Gasteiger partial charge is 0.494 e. The van der Waals surface area contributed by atoms with E-state index in [1.165, 1.54) is 17.2 Å². The maximum absolute atomic E-state index is 14.5. The zero-order valence-electron chi connectivity index (χ0n) is 20.0. The number of halogens is 1. The fraction of sp³-hybridized carbons (Fsp3) is 0.538. The smallest absolute Gasteiger partial charge is 0.473 e. The van der Waals surface area contributed by atoms with Gasteiger partial charge in [-0.25, -0.2) is 9.37 Å². The zero-order chi connectivity index (χ0) is 23.5. The molecule has 1 saturated heterocycles. The first-order valence-electron chi connectivity index (χ1n) is 11.9. The molecule has 0 N–H and O–H groups in total. The van der Waals surface area contributed by atoms with Crippen LogP contribution in [0.1, 0.15) is 70.1 Å². The van der Waals surface area contributed by atoms with E-state index < -0.39 is 18.3 Å². The summed E-state index contributed by atoms with van der Waals surface area (Å²) in [5.41, 5.74) is 2.64. The van der Waals surface area contributed by atoms with Crippen molar-refractivity contribution in [2.24, 2.45) is 11.8 Å². The van der Waals surface area contributed by atoms with Crippen molar-refractivity contribution >= 4 is 18.4 Å². The van der Waals surface area contributed by atoms with Gasteiger partial charge in [0, 0.05) is 30.2 Å². The van der Waals surface area contributed by atoms with Crippen LogP contribution < -0.4 is 10.2 Å². The van der Waals surface area contributed by atoms with Gasteiger partial charge in [0.25, 0.3) is 0 Å². The van der Waals surface area contributed by atoms with Gasteiger partial charge in [-0.15, -0.1) is 0 Å². The summed E-state index contributed by atoms with van der Waals surface area (Å²) < 4.78 is 32.6. The zero-order valence-corrected chi connectivity index (χ0v) is 20.0. The van der Waals surface area contributed by atoms with E-state index in [4.69, 9.17) is 14.0 Å². The highest BCUT2D eigenvalue weighted by Gasteiger charge is 2.58. The molecule has 0 radical (unpaired) electrons. The highest BCUT2D eigenvalue weighted by Crippen LogP contribution is 2.62. The number of fused-ring (bicyclic) bond motifs is 3. The highest BCUT2D eigenvalue weighted by molar-refractivity contribution is 6.62. The Kier molecular flexibility index (Phi) is 5.41. The van der Waals surface area contributed by atoms with E-state index in [1.54, 1.807) is 12.1 Å². The van der Waals surface area contributed by atoms with Gasteiger partial charge in [-0.2, -0.15) is 0 Å². The fourth-order valence-corrected chi connectivity index (χ4v) is 5.18. The van der Waals surface area contributed by atoms with Gasteiger partial charge in [0.15, 0.2) is 0 Å². The number of nitrogens with zero attached hydrogens (tertiary/aromatic N) is 1. The van der Waals surface area contributed by atoms with Crippen LogP contribution in [0.4, 0.5) is 4.39 Å². The quantitative estimate of drug-likeness (QED) is 0.586. The number of pyridine rings is 1. The maximum Gasteiger partial charge on any atom is 0.494 e. The Balaban J connectivity index is 1.26. The predicted octanol–water partition coefficient (Wildman–Crippen LogP) is 4.35. The van der Waals surface area contributed by atoms with Crippen LogP contribution in [0.25, 0.3) is 0 Å². The van der Waals surface area contributed by atoms with Crippen LogP contribution in [-0.4, -0.2) is 29.1 Å². The molecule has 3 aliphatic rings. The summed E-state index contributed by atoms with van der Waals surface area (Å²) in [5, 5.41) is 0. The number of Topliss-reactive ketones (excluding diaryl/α,β-unsaturated/α-hetero) is 1. The second kappa shape index (κ2) is 7.91. The molecule has 5 rings (SSSR count). The summed E-state index contributed by atoms with van der Waals surface area (Å²) in [6, 6.07) is 6.80. The minimum Gasteiger partial charge on any atom is -0.473 e. The molecule has 1 aromatic heterocycles. The molecule has 2 heterocycles. The van der Waals surface area contributed by atoms with Gasteiger partial charge in [0.1, 0.15) is 18.2 Å². The van der Waals surface area contributed by atoms with Crippen LogP contribution in [0, 0.1) is 17.7 Å². The molecule has 7 heteroatoms. The van der Waals surface area contributed by atoms with Crippen LogP contribution in [0.3, 0.4) is 0 Å². The standard InChI is InChI=1S/C26H31BFNO4/c1-6-7-21(30)24-18-11-15-12-22(29-13-19(15)23(18)24)31-14-16-10-17(8-9-20(16)28)27-32-25(2,3)26(4,5)33-27/h8-10,12-13,18,23-24H,6-7,11,14H2,1-5H3/t18-,23-,24-/m1/s1. The molecular formula is C26H31BFNO4. The lowest BCUT2D eigenvalue weighted by Gasteiger charge is -2.32. The Labute approximate surface area is 195 Å². The van der Waals surface area contributed by atoms with E-state index in [2.05, 4.69) is 4.98 Å². The van der Waals surface area contributed by atoms with Gasteiger partial charge < -0.3 is 14.0 Å². The molecular weight excluding hydrogens is 420 g/mol. The van der Waals surface area contributed by atoms with E-state index in [9.17, 15) is 9.18 Å². The molecule has 0 amide bonds. The second-order valence-corrected chi connectivity index (χ2v) is 10.6. The first-order chi connectivity index (χ1) is 15.6. The van der Waals surface area contributed by atoms with E-state index >= 15 is 0 Å². The molecule has 3 atom stereocenters. The summed E-state index contributed by atoms with van der Waals surface area (Å²) in [5.74, 6) is 1.45. The van der Waals surface area contributed by atoms with Crippen molar-refractivity contribution in [1.82, 2.24) is 4.98 Å². The minimum atomic E-state index is -0.553. The van der Waals surface area contributed by atoms with Crippen molar-refractivity contribution in [1.29, 1.82) is 0 Å². The Hall–Kier alpha value is -2.25. The van der Waals surface area contributed by atoms with Crippen LogP contribution in [0.2, 0.25) is 0 Å². The molecule has 2 fully saturated rings. The average Bonchev–Trinajstić information content (AvgIpc) is 3.25. The van der Waals surface area contributed by atoms with Crippen LogP contribution in [0.5, 0.6) is 5.88 Å². The molecule has 2 aliphatic carbocycles. The van der Waals surface area contributed by atoms with Gasteiger partial charge in [0.05, 0.1) is 11.2 Å². The third-order valence-corrected chi connectivity index (χ3v) is 7.82. The number of carbonyl (C=O) groups is 1. The number of ketones is 1. The van der Waals surface area contributed by atoms with E-state index in [1.807, 2.05) is 46.9 Å². The minimum absolute atomic E-state index is 0.0649. The first-order valence-corrected chi connectivity index (χ1v) is 11.9. The molecule has 1 aliphatic heterocycles. The third kappa shape index (κ3) is 3.89. The van der Waals surface area contributed by atoms with Crippen molar-refractivity contribution in [2.75, 3.05) is 0 Å². The topological polar surface area (TPSA) is 57.7 Å². The Morgan fingerprint density at radius 3 is 2.64 bits per heavy atom. The lowest BCUT2D eigenvalue weighted by molar-refractivity contribution is -0.120. The second-order valence-electron chi connectivity index (χ2n) is 10.6. The molecule has 33 heavy (non-hydrogen) atoms. The van der Waals surface area contributed by atoms with E-state index in [-0.39, 0.29) is 18.3 Å². The maximum atomic E-state index is 14.5. The average molecular weight is 451 g/mol. The van der Waals surface area contributed by atoms with Gasteiger partial charge in [0.2, 0.25) is 5.88 Å². The Morgan fingerprint density at radius 2 is 1.94 bits per heavy atom. The monoisotopic (exact) mass is 451 g/mol. The SMILES string of the molecule is CCCC(=O)[C@H]1[C@@H]2Cc3cc(OCc4cc(B5OC(C)(C)C(C)(C)O5)ccc4F)ncc3[C@@H]21. The van der Waals surface area contributed by atoms with Crippen molar-refractivity contribution in [3.63, 3.8) is 0 Å². The summed E-state index contributed by atoms with van der Waals surface area (Å²) in [6.45, 7) is 10.1. The van der Waals surface area contributed by atoms with E-state index in [0.29, 0.717) is 35.5 Å². The van der Waals surface area contributed by atoms with Crippen LogP contribution >= 0.6 is 0 Å². The summed E-state index contributed by atoms with van der Waals surface area (Å²) >= 11 is 0. The Bertz CT molecular complexity index is 1090. The number of hydrogen-bond donors (Lipinski definition) is 0. The number of carbonyl (C=O) groups excluding carboxylic acids is 1. The number of aromatic nitrogens is 1. The molecule has 1 aromatic carbocycles. The predicted molar refractivity (Wildman–Crippen MR) is 124 cm³/mol. The highest BCUT2D eigenvalue weighted by atomic mass is 19.1. The fourth-order valence-electron chi connectivity index (χ4n) is 5.18. The lowest BCUT2D eigenvalue weighted by Crippen LogP contribution is -2.41. The van der Waals surface area contributed by atoms with Gasteiger partial charge in [-0.05, 0) is 75.0 Å². The summed E-state index contributed by atoms with van der Waals surface area (Å²) in [4.78, 5) is 16.7. The summed E-state index contributed by atoms with van der Waals surface area (Å²) in [7, 11) is -0.553.